The number of aliphatic carboxylic acids is 3. The summed E-state index contributed by atoms with van der Waals surface area (Å²) in [7, 11) is 0. The predicted molar refractivity (Wildman–Crippen MR) is 98.8 cm³/mol. The van der Waals surface area contributed by atoms with Crippen LogP contribution in [0.5, 0.6) is 0 Å². The third-order valence-electron chi connectivity index (χ3n) is 5.93. The van der Waals surface area contributed by atoms with Gasteiger partial charge in [0.25, 0.3) is 0 Å². The molecule has 0 spiro atoms. The normalized spacial score (nSPS) is 29.8. The molecule has 5 N–H and O–H groups in total. The molecule has 7 nitrogen and oxygen atoms in total. The molecule has 0 heterocycles. The van der Waals surface area contributed by atoms with Crippen LogP contribution < -0.4 is 5.73 Å². The van der Waals surface area contributed by atoms with Gasteiger partial charge < -0.3 is 21.1 Å². The third kappa shape index (κ3) is 4.86. The Kier molecular flexibility index (Phi) is 7.03. The highest BCUT2D eigenvalue weighted by atomic mass is 35.5. The fourth-order valence-electron chi connectivity index (χ4n) is 4.67. The highest BCUT2D eigenvalue weighted by Crippen LogP contribution is 2.57. The molecule has 1 aromatic rings. The molecule has 2 aliphatic rings. The number of carbonyl (C=O) groups is 3. The number of rotatable bonds is 5. The monoisotopic (exact) mass is 451 g/mol. The van der Waals surface area contributed by atoms with Crippen LogP contribution in [0.4, 0.5) is 13.2 Å². The van der Waals surface area contributed by atoms with Crippen LogP contribution in [0.1, 0.15) is 24.8 Å². The van der Waals surface area contributed by atoms with Crippen molar-refractivity contribution >= 4 is 29.5 Å². The molecular weight excluding hydrogens is 431 g/mol. The Balaban J connectivity index is 0.000000396. The topological polar surface area (TPSA) is 138 Å². The van der Waals surface area contributed by atoms with E-state index in [1.807, 2.05) is 24.3 Å². The summed E-state index contributed by atoms with van der Waals surface area (Å²) in [5.74, 6) is -6.24. The minimum absolute atomic E-state index is 0.131. The van der Waals surface area contributed by atoms with E-state index in [-0.39, 0.29) is 17.8 Å². The molecule has 2 aliphatic carbocycles. The highest BCUT2D eigenvalue weighted by molar-refractivity contribution is 6.30. The van der Waals surface area contributed by atoms with E-state index in [1.54, 1.807) is 0 Å². The van der Waals surface area contributed by atoms with Crippen LogP contribution >= 0.6 is 11.6 Å². The number of hydrogen-bond donors (Lipinski definition) is 4. The average Bonchev–Trinajstić information content (AvgIpc) is 3.17. The molecule has 3 rings (SSSR count). The zero-order valence-corrected chi connectivity index (χ0v) is 16.4. The lowest BCUT2D eigenvalue weighted by molar-refractivity contribution is -0.192. The van der Waals surface area contributed by atoms with E-state index in [0.717, 1.165) is 24.8 Å². The summed E-state index contributed by atoms with van der Waals surface area (Å²) in [6.45, 7) is 0. The van der Waals surface area contributed by atoms with E-state index in [9.17, 15) is 33.0 Å². The molecule has 5 atom stereocenters. The van der Waals surface area contributed by atoms with Crippen molar-refractivity contribution < 1.29 is 42.9 Å². The Hall–Kier alpha value is -2.33. The maximum absolute atomic E-state index is 11.7. The summed E-state index contributed by atoms with van der Waals surface area (Å²) in [6, 6.07) is 7.59. The number of fused-ring (bicyclic) bond motifs is 2. The van der Waals surface area contributed by atoms with Crippen molar-refractivity contribution in [2.45, 2.75) is 37.4 Å². The SMILES string of the molecule is N[C@]1(C(=O)O)[C@@H]2C[C@@H](C[C@H]2CCc2ccc(Cl)cc2)[C@@H]1C(=O)O.O=C(O)C(F)(F)F. The van der Waals surface area contributed by atoms with Crippen molar-refractivity contribution in [3.63, 3.8) is 0 Å². The van der Waals surface area contributed by atoms with Crippen LogP contribution in [0.3, 0.4) is 0 Å². The van der Waals surface area contributed by atoms with Gasteiger partial charge in [-0.05, 0) is 61.1 Å². The van der Waals surface area contributed by atoms with Gasteiger partial charge in [-0.25, -0.2) is 4.79 Å². The number of hydrogen-bond acceptors (Lipinski definition) is 4. The van der Waals surface area contributed by atoms with Gasteiger partial charge in [0.1, 0.15) is 5.54 Å². The van der Waals surface area contributed by atoms with Crippen molar-refractivity contribution in [2.75, 3.05) is 0 Å². The first-order chi connectivity index (χ1) is 13.8. The molecule has 2 saturated carbocycles. The Labute approximate surface area is 174 Å². The highest BCUT2D eigenvalue weighted by Gasteiger charge is 2.66. The lowest BCUT2D eigenvalue weighted by Gasteiger charge is -2.39. The third-order valence-corrected chi connectivity index (χ3v) is 6.18. The number of carboxylic acids is 3. The van der Waals surface area contributed by atoms with E-state index >= 15 is 0 Å². The Morgan fingerprint density at radius 3 is 2.07 bits per heavy atom. The van der Waals surface area contributed by atoms with Gasteiger partial charge in [-0.3, -0.25) is 9.59 Å². The van der Waals surface area contributed by atoms with Gasteiger partial charge >= 0.3 is 24.1 Å². The molecule has 0 radical (unpaired) electrons. The second kappa shape index (κ2) is 8.81. The maximum atomic E-state index is 11.7. The second-order valence-corrected chi connectivity index (χ2v) is 8.06. The summed E-state index contributed by atoms with van der Waals surface area (Å²) in [5.41, 5.74) is 5.62. The summed E-state index contributed by atoms with van der Waals surface area (Å²) in [4.78, 5) is 32.1. The molecule has 2 bridgehead atoms. The van der Waals surface area contributed by atoms with Gasteiger partial charge in [-0.15, -0.1) is 0 Å². The summed E-state index contributed by atoms with van der Waals surface area (Å²) >= 11 is 5.87. The number of alkyl halides is 3. The number of carboxylic acid groups (broad SMARTS) is 3. The van der Waals surface area contributed by atoms with Gasteiger partial charge in [0.2, 0.25) is 0 Å². The van der Waals surface area contributed by atoms with Gasteiger partial charge in [0.15, 0.2) is 0 Å². The van der Waals surface area contributed by atoms with Crippen LogP contribution in [0.2, 0.25) is 5.02 Å². The van der Waals surface area contributed by atoms with Crippen molar-refractivity contribution in [1.29, 1.82) is 0 Å². The fourth-order valence-corrected chi connectivity index (χ4v) is 4.79. The van der Waals surface area contributed by atoms with E-state index in [4.69, 9.17) is 27.2 Å². The Bertz CT molecular complexity index is 815. The zero-order chi connectivity index (χ0) is 22.9. The average molecular weight is 452 g/mol. The van der Waals surface area contributed by atoms with E-state index in [1.165, 1.54) is 0 Å². The first-order valence-corrected chi connectivity index (χ1v) is 9.45. The number of nitrogens with two attached hydrogens (primary N) is 1. The minimum Gasteiger partial charge on any atom is -0.481 e. The van der Waals surface area contributed by atoms with Gasteiger partial charge in [0.05, 0.1) is 5.92 Å². The van der Waals surface area contributed by atoms with Gasteiger partial charge in [-0.2, -0.15) is 13.2 Å². The minimum atomic E-state index is -5.08. The lowest BCUT2D eigenvalue weighted by atomic mass is 9.67. The molecule has 0 unspecified atom stereocenters. The number of halogens is 4. The number of benzene rings is 1. The Morgan fingerprint density at radius 1 is 1.10 bits per heavy atom. The summed E-state index contributed by atoms with van der Waals surface area (Å²) in [6.07, 6.45) is -2.09. The predicted octanol–water partition coefficient (Wildman–Crippen LogP) is 3.04. The van der Waals surface area contributed by atoms with Crippen molar-refractivity contribution in [1.82, 2.24) is 0 Å². The molecule has 0 saturated heterocycles. The molecule has 1 aromatic carbocycles. The summed E-state index contributed by atoms with van der Waals surface area (Å²) < 4.78 is 31.7. The molecule has 0 aromatic heterocycles. The smallest absolute Gasteiger partial charge is 0.481 e. The first-order valence-electron chi connectivity index (χ1n) is 9.08. The molecule has 0 aliphatic heterocycles. The first kappa shape index (κ1) is 23.9. The zero-order valence-electron chi connectivity index (χ0n) is 15.6. The van der Waals surface area contributed by atoms with E-state index < -0.39 is 35.5 Å². The van der Waals surface area contributed by atoms with Crippen molar-refractivity contribution in [3.05, 3.63) is 34.9 Å². The number of aryl methyl sites for hydroxylation is 1. The van der Waals surface area contributed by atoms with E-state index in [0.29, 0.717) is 11.4 Å². The fraction of sp³-hybridized carbons (Fsp3) is 0.526. The second-order valence-electron chi connectivity index (χ2n) is 7.62. The summed E-state index contributed by atoms with van der Waals surface area (Å²) in [5, 5.41) is 26.7. The molecule has 30 heavy (non-hydrogen) atoms. The van der Waals surface area contributed by atoms with Crippen LogP contribution in [0.15, 0.2) is 24.3 Å². The van der Waals surface area contributed by atoms with Gasteiger partial charge in [0, 0.05) is 5.02 Å². The molecule has 11 heteroatoms. The van der Waals surface area contributed by atoms with Crippen LogP contribution in [-0.2, 0) is 20.8 Å². The van der Waals surface area contributed by atoms with E-state index in [2.05, 4.69) is 0 Å². The van der Waals surface area contributed by atoms with Crippen molar-refractivity contribution in [3.8, 4) is 0 Å². The molecule has 2 fully saturated rings. The van der Waals surface area contributed by atoms with Gasteiger partial charge in [-0.1, -0.05) is 23.7 Å². The standard InChI is InChI=1S/C17H20ClNO4.C2HF3O2/c18-12-5-2-9(3-6-12)1-4-10-7-11-8-13(10)17(19,16(22)23)14(11)15(20)21;3-2(4,5)1(6)7/h2-3,5-6,10-11,13-14H,1,4,7-8,19H2,(H,20,21)(H,22,23);(H,6,7)/t10-,11-,13-,14-,17-;/m1./s1. The van der Waals surface area contributed by atoms with Crippen LogP contribution in [0.25, 0.3) is 0 Å². The molecule has 166 valence electrons. The Morgan fingerprint density at radius 2 is 1.63 bits per heavy atom. The molecule has 0 amide bonds. The van der Waals surface area contributed by atoms with Crippen molar-refractivity contribution in [2.24, 2.45) is 29.4 Å². The maximum Gasteiger partial charge on any atom is 0.490 e. The quantitative estimate of drug-likeness (QED) is 0.539. The van der Waals surface area contributed by atoms with Crippen LogP contribution in [-0.4, -0.2) is 44.9 Å². The van der Waals surface area contributed by atoms with Crippen LogP contribution in [0, 0.1) is 23.7 Å². The molecular formula is C19H21ClF3NO6. The largest absolute Gasteiger partial charge is 0.490 e. The lowest BCUT2D eigenvalue weighted by Crippen LogP contribution is -2.62.